The van der Waals surface area contributed by atoms with Crippen molar-refractivity contribution >= 4 is 17.0 Å². The third kappa shape index (κ3) is 3.32. The molecular formula is C17H27N5O. The van der Waals surface area contributed by atoms with Crippen LogP contribution < -0.4 is 4.90 Å². The molecule has 1 fully saturated rings. The molecule has 1 aliphatic carbocycles. The zero-order valence-corrected chi connectivity index (χ0v) is 14.3. The molecule has 0 aliphatic heterocycles. The van der Waals surface area contributed by atoms with Gasteiger partial charge in [-0.15, -0.1) is 0 Å². The molecule has 1 saturated carbocycles. The van der Waals surface area contributed by atoms with E-state index >= 15 is 0 Å². The topological polar surface area (TPSA) is 67.1 Å². The first-order chi connectivity index (χ1) is 11.1. The molecule has 1 N–H and O–H groups in total. The Hall–Kier alpha value is -1.69. The number of aliphatic hydroxyl groups excluding tert-OH is 1. The van der Waals surface area contributed by atoms with Gasteiger partial charge in [0.15, 0.2) is 17.0 Å². The summed E-state index contributed by atoms with van der Waals surface area (Å²) in [7, 11) is 2.11. The summed E-state index contributed by atoms with van der Waals surface area (Å²) in [6, 6.07) is 0.524. The van der Waals surface area contributed by atoms with Crippen molar-refractivity contribution in [1.82, 2.24) is 19.5 Å². The van der Waals surface area contributed by atoms with Crippen LogP contribution in [0, 0.1) is 5.92 Å². The van der Waals surface area contributed by atoms with E-state index in [0.29, 0.717) is 12.6 Å². The smallest absolute Gasteiger partial charge is 0.165 e. The van der Waals surface area contributed by atoms with E-state index in [-0.39, 0.29) is 6.10 Å². The highest BCUT2D eigenvalue weighted by molar-refractivity contribution is 5.83. The number of hydrogen-bond acceptors (Lipinski definition) is 5. The average Bonchev–Trinajstić information content (AvgIpc) is 2.98. The lowest BCUT2D eigenvalue weighted by molar-refractivity contribution is 0.151. The quantitative estimate of drug-likeness (QED) is 0.918. The minimum atomic E-state index is -0.372. The molecule has 2 aromatic rings. The highest BCUT2D eigenvalue weighted by atomic mass is 16.3. The zero-order chi connectivity index (χ0) is 16.4. The number of hydrogen-bond donors (Lipinski definition) is 1. The predicted molar refractivity (Wildman–Crippen MR) is 91.4 cm³/mol. The molecule has 23 heavy (non-hydrogen) atoms. The van der Waals surface area contributed by atoms with Crippen LogP contribution in [0.15, 0.2) is 12.7 Å². The van der Waals surface area contributed by atoms with Crippen LogP contribution in [0.2, 0.25) is 0 Å². The molecule has 1 aliphatic rings. The maximum atomic E-state index is 9.89. The summed E-state index contributed by atoms with van der Waals surface area (Å²) in [5.41, 5.74) is 1.63. The molecular weight excluding hydrogens is 290 g/mol. The Morgan fingerprint density at radius 1 is 1.26 bits per heavy atom. The Labute approximate surface area is 137 Å². The van der Waals surface area contributed by atoms with Crippen LogP contribution in [0.5, 0.6) is 0 Å². The van der Waals surface area contributed by atoms with Crippen LogP contribution in [0.25, 0.3) is 11.2 Å². The first-order valence-electron chi connectivity index (χ1n) is 8.66. The Balaban J connectivity index is 1.86. The van der Waals surface area contributed by atoms with E-state index in [9.17, 15) is 5.11 Å². The molecule has 0 aromatic carbocycles. The van der Waals surface area contributed by atoms with Gasteiger partial charge in [0.1, 0.15) is 6.33 Å². The lowest BCUT2D eigenvalue weighted by atomic mass is 9.87. The number of nitrogens with zero attached hydrogens (tertiary/aromatic N) is 5. The van der Waals surface area contributed by atoms with Gasteiger partial charge in [-0.2, -0.15) is 0 Å². The van der Waals surface area contributed by atoms with Crippen molar-refractivity contribution in [2.45, 2.75) is 64.6 Å². The van der Waals surface area contributed by atoms with Crippen molar-refractivity contribution in [1.29, 1.82) is 0 Å². The van der Waals surface area contributed by atoms with Crippen molar-refractivity contribution in [2.75, 3.05) is 11.9 Å². The van der Waals surface area contributed by atoms with Crippen LogP contribution in [-0.4, -0.2) is 43.8 Å². The maximum Gasteiger partial charge on any atom is 0.165 e. The molecule has 0 amide bonds. The van der Waals surface area contributed by atoms with Gasteiger partial charge in [0.05, 0.1) is 19.0 Å². The summed E-state index contributed by atoms with van der Waals surface area (Å²) in [6.45, 7) is 4.83. The summed E-state index contributed by atoms with van der Waals surface area (Å²) in [5, 5.41) is 9.89. The Bertz CT molecular complexity index is 647. The summed E-state index contributed by atoms with van der Waals surface area (Å²) in [4.78, 5) is 15.7. The fourth-order valence-electron chi connectivity index (χ4n) is 3.42. The minimum Gasteiger partial charge on any atom is -0.391 e. The lowest BCUT2D eigenvalue weighted by Crippen LogP contribution is -2.35. The van der Waals surface area contributed by atoms with Crippen LogP contribution in [0.1, 0.15) is 46.0 Å². The summed E-state index contributed by atoms with van der Waals surface area (Å²) >= 11 is 0. The zero-order valence-electron chi connectivity index (χ0n) is 14.3. The van der Waals surface area contributed by atoms with Gasteiger partial charge in [0.2, 0.25) is 0 Å². The monoisotopic (exact) mass is 317 g/mol. The summed E-state index contributed by atoms with van der Waals surface area (Å²) < 4.78 is 1.92. The SMILES string of the molecule is CC[C@H](O)Cn1cnc2c(N(C)C3CCC(C)CC3)ncnc21. The third-order valence-electron chi connectivity index (χ3n) is 5.13. The largest absolute Gasteiger partial charge is 0.391 e. The maximum absolute atomic E-state index is 9.89. The Morgan fingerprint density at radius 3 is 2.70 bits per heavy atom. The average molecular weight is 317 g/mol. The van der Waals surface area contributed by atoms with E-state index in [1.807, 2.05) is 11.5 Å². The Kier molecular flexibility index (Phi) is 4.80. The van der Waals surface area contributed by atoms with Crippen LogP contribution in [0.3, 0.4) is 0 Å². The molecule has 2 heterocycles. The third-order valence-corrected chi connectivity index (χ3v) is 5.13. The van der Waals surface area contributed by atoms with E-state index in [1.165, 1.54) is 25.7 Å². The molecule has 0 radical (unpaired) electrons. The number of anilines is 1. The number of aromatic nitrogens is 4. The molecule has 1 atom stereocenters. The van der Waals surface area contributed by atoms with Crippen LogP contribution in [-0.2, 0) is 6.54 Å². The molecule has 0 bridgehead atoms. The van der Waals surface area contributed by atoms with Crippen molar-refractivity contribution in [3.63, 3.8) is 0 Å². The van der Waals surface area contributed by atoms with Crippen LogP contribution in [0.4, 0.5) is 5.82 Å². The molecule has 126 valence electrons. The van der Waals surface area contributed by atoms with Gasteiger partial charge in [0, 0.05) is 13.1 Å². The molecule has 2 aromatic heterocycles. The van der Waals surface area contributed by atoms with E-state index in [0.717, 1.165) is 29.3 Å². The van der Waals surface area contributed by atoms with Gasteiger partial charge >= 0.3 is 0 Å². The molecule has 0 unspecified atom stereocenters. The fourth-order valence-corrected chi connectivity index (χ4v) is 3.42. The second-order valence-electron chi connectivity index (χ2n) is 6.85. The summed E-state index contributed by atoms with van der Waals surface area (Å²) in [6.07, 6.45) is 8.69. The second-order valence-corrected chi connectivity index (χ2v) is 6.85. The molecule has 3 rings (SSSR count). The van der Waals surface area contributed by atoms with E-state index in [1.54, 1.807) is 12.7 Å². The van der Waals surface area contributed by atoms with Gasteiger partial charge in [0.25, 0.3) is 0 Å². The van der Waals surface area contributed by atoms with Gasteiger partial charge in [-0.3, -0.25) is 0 Å². The van der Waals surface area contributed by atoms with E-state index < -0.39 is 0 Å². The van der Waals surface area contributed by atoms with Crippen molar-refractivity contribution < 1.29 is 5.11 Å². The lowest BCUT2D eigenvalue weighted by Gasteiger charge is -2.34. The normalized spacial score (nSPS) is 23.1. The predicted octanol–water partition coefficient (Wildman–Crippen LogP) is 2.61. The number of imidazole rings is 1. The number of aliphatic hydroxyl groups is 1. The van der Waals surface area contributed by atoms with Crippen molar-refractivity contribution in [3.8, 4) is 0 Å². The fraction of sp³-hybridized carbons (Fsp3) is 0.706. The number of rotatable bonds is 5. The van der Waals surface area contributed by atoms with Gasteiger partial charge < -0.3 is 14.6 Å². The highest BCUT2D eigenvalue weighted by Crippen LogP contribution is 2.30. The second kappa shape index (κ2) is 6.83. The first kappa shape index (κ1) is 16.2. The molecule has 0 saturated heterocycles. The van der Waals surface area contributed by atoms with E-state index in [4.69, 9.17) is 0 Å². The van der Waals surface area contributed by atoms with E-state index in [2.05, 4.69) is 33.8 Å². The molecule has 0 spiro atoms. The van der Waals surface area contributed by atoms with Gasteiger partial charge in [-0.25, -0.2) is 15.0 Å². The van der Waals surface area contributed by atoms with Gasteiger partial charge in [-0.1, -0.05) is 13.8 Å². The summed E-state index contributed by atoms with van der Waals surface area (Å²) in [5.74, 6) is 1.74. The highest BCUT2D eigenvalue weighted by Gasteiger charge is 2.24. The standard InChI is InChI=1S/C17H27N5O/c1-4-14(23)9-22-11-20-15-16(18-10-19-17(15)22)21(3)13-7-5-12(2)6-8-13/h10-14,23H,4-9H2,1-3H3/t12?,13?,14-/m0/s1. The van der Waals surface area contributed by atoms with Crippen molar-refractivity contribution in [2.24, 2.45) is 5.92 Å². The van der Waals surface area contributed by atoms with Crippen molar-refractivity contribution in [3.05, 3.63) is 12.7 Å². The molecule has 6 nitrogen and oxygen atoms in total. The minimum absolute atomic E-state index is 0.372. The van der Waals surface area contributed by atoms with Crippen LogP contribution >= 0.6 is 0 Å². The molecule has 6 heteroatoms. The number of fused-ring (bicyclic) bond motifs is 1. The Morgan fingerprint density at radius 2 is 2.00 bits per heavy atom. The van der Waals surface area contributed by atoms with Gasteiger partial charge in [-0.05, 0) is 38.0 Å². The first-order valence-corrected chi connectivity index (χ1v) is 8.66.